The molecule has 0 unspecified atom stereocenters. The fourth-order valence-corrected chi connectivity index (χ4v) is 4.65. The first-order chi connectivity index (χ1) is 14.6. The molecule has 1 aliphatic heterocycles. The molecular weight excluding hydrogens is 400 g/mol. The lowest BCUT2D eigenvalue weighted by molar-refractivity contribution is -0.118. The van der Waals surface area contributed by atoms with Crippen molar-refractivity contribution in [3.05, 3.63) is 71.2 Å². The van der Waals surface area contributed by atoms with Crippen molar-refractivity contribution in [3.8, 4) is 11.5 Å². The van der Waals surface area contributed by atoms with Gasteiger partial charge in [-0.1, -0.05) is 23.5 Å². The minimum absolute atomic E-state index is 0.0568. The number of rotatable bonds is 5. The maximum atomic E-state index is 13.3. The summed E-state index contributed by atoms with van der Waals surface area (Å²) < 4.78 is 17.4. The number of hydrogen-bond donors (Lipinski definition) is 0. The van der Waals surface area contributed by atoms with Gasteiger partial charge >= 0.3 is 0 Å². The summed E-state index contributed by atoms with van der Waals surface area (Å²) in [5, 5.41) is 0.667. The Bertz CT molecular complexity index is 1230. The molecule has 3 heterocycles. The van der Waals surface area contributed by atoms with Crippen molar-refractivity contribution in [2.45, 2.75) is 26.8 Å². The lowest BCUT2D eigenvalue weighted by Gasteiger charge is -2.19. The molecule has 0 fully saturated rings. The Morgan fingerprint density at radius 2 is 2.00 bits per heavy atom. The van der Waals surface area contributed by atoms with Crippen molar-refractivity contribution in [1.29, 1.82) is 0 Å². The minimum atomic E-state index is -0.0568. The summed E-state index contributed by atoms with van der Waals surface area (Å²) >= 11 is 1.53. The van der Waals surface area contributed by atoms with Gasteiger partial charge in [0.1, 0.15) is 5.76 Å². The molecule has 0 radical (unpaired) electrons. The van der Waals surface area contributed by atoms with Crippen LogP contribution >= 0.6 is 11.3 Å². The molecule has 0 bridgehead atoms. The Balaban J connectivity index is 1.48. The molecule has 5 rings (SSSR count). The first-order valence-electron chi connectivity index (χ1n) is 9.66. The standard InChI is InChI=1S/C23H20N2O4S/c1-14-8-15(2)22-18(9-14)24-23(30-22)25(12-17-4-3-7-27-17)21(26)11-16-5-6-19-20(10-16)29-13-28-19/h3-10H,11-13H2,1-2H3. The summed E-state index contributed by atoms with van der Waals surface area (Å²) in [6.07, 6.45) is 1.84. The van der Waals surface area contributed by atoms with Crippen LogP contribution in [0, 0.1) is 13.8 Å². The highest BCUT2D eigenvalue weighted by atomic mass is 32.1. The van der Waals surface area contributed by atoms with E-state index < -0.39 is 0 Å². The van der Waals surface area contributed by atoms with E-state index in [1.54, 1.807) is 11.2 Å². The van der Waals surface area contributed by atoms with Gasteiger partial charge in [0, 0.05) is 0 Å². The van der Waals surface area contributed by atoms with Crippen molar-refractivity contribution >= 4 is 32.6 Å². The van der Waals surface area contributed by atoms with Crippen LogP contribution in [0.1, 0.15) is 22.5 Å². The highest BCUT2D eigenvalue weighted by Gasteiger charge is 2.23. The molecule has 0 aliphatic carbocycles. The Labute approximate surface area is 177 Å². The molecule has 4 aromatic rings. The molecule has 0 spiro atoms. The topological polar surface area (TPSA) is 64.8 Å². The van der Waals surface area contributed by atoms with E-state index in [0.29, 0.717) is 28.9 Å². The van der Waals surface area contributed by atoms with Crippen LogP contribution in [0.3, 0.4) is 0 Å². The number of amides is 1. The SMILES string of the molecule is Cc1cc(C)c2sc(N(Cc3ccco3)C(=O)Cc3ccc4c(c3)OCO4)nc2c1. The summed E-state index contributed by atoms with van der Waals surface area (Å²) in [7, 11) is 0. The van der Waals surface area contributed by atoms with Crippen molar-refractivity contribution < 1.29 is 18.7 Å². The van der Waals surface area contributed by atoms with Gasteiger partial charge < -0.3 is 13.9 Å². The van der Waals surface area contributed by atoms with E-state index in [2.05, 4.69) is 26.0 Å². The smallest absolute Gasteiger partial charge is 0.233 e. The number of hydrogen-bond acceptors (Lipinski definition) is 6. The van der Waals surface area contributed by atoms with Crippen molar-refractivity contribution in [3.63, 3.8) is 0 Å². The highest BCUT2D eigenvalue weighted by molar-refractivity contribution is 7.22. The van der Waals surface area contributed by atoms with Crippen LogP contribution in [0.15, 0.2) is 53.1 Å². The number of nitrogens with zero attached hydrogens (tertiary/aromatic N) is 2. The third kappa shape index (κ3) is 3.52. The highest BCUT2D eigenvalue weighted by Crippen LogP contribution is 2.35. The number of thiazole rings is 1. The fourth-order valence-electron chi connectivity index (χ4n) is 3.62. The molecule has 0 saturated carbocycles. The molecule has 6 nitrogen and oxygen atoms in total. The lowest BCUT2D eigenvalue weighted by atomic mass is 10.1. The molecule has 152 valence electrons. The first-order valence-corrected chi connectivity index (χ1v) is 10.5. The maximum Gasteiger partial charge on any atom is 0.233 e. The second-order valence-electron chi connectivity index (χ2n) is 7.35. The minimum Gasteiger partial charge on any atom is -0.467 e. The van der Waals surface area contributed by atoms with Gasteiger partial charge in [-0.15, -0.1) is 0 Å². The van der Waals surface area contributed by atoms with E-state index in [1.165, 1.54) is 11.3 Å². The van der Waals surface area contributed by atoms with Gasteiger partial charge in [0.15, 0.2) is 16.6 Å². The first kappa shape index (κ1) is 18.7. The molecule has 1 amide bonds. The Kier molecular flexibility index (Phi) is 4.67. The summed E-state index contributed by atoms with van der Waals surface area (Å²) in [6, 6.07) is 13.5. The monoisotopic (exact) mass is 420 g/mol. The van der Waals surface area contributed by atoms with Gasteiger partial charge in [-0.3, -0.25) is 9.69 Å². The number of fused-ring (bicyclic) bond motifs is 2. The van der Waals surface area contributed by atoms with Crippen LogP contribution in [0.2, 0.25) is 0 Å². The number of benzene rings is 2. The number of aromatic nitrogens is 1. The van der Waals surface area contributed by atoms with E-state index in [1.807, 2.05) is 30.3 Å². The number of anilines is 1. The molecule has 30 heavy (non-hydrogen) atoms. The second kappa shape index (κ2) is 7.50. The zero-order valence-corrected chi connectivity index (χ0v) is 17.5. The molecule has 2 aromatic heterocycles. The summed E-state index contributed by atoms with van der Waals surface area (Å²) in [5.74, 6) is 2.03. The third-order valence-electron chi connectivity index (χ3n) is 5.03. The average molecular weight is 420 g/mol. The predicted molar refractivity (Wildman–Crippen MR) is 115 cm³/mol. The van der Waals surface area contributed by atoms with Crippen LogP contribution in [0.5, 0.6) is 11.5 Å². The average Bonchev–Trinajstić information content (AvgIpc) is 3.46. The maximum absolute atomic E-state index is 13.3. The number of carbonyl (C=O) groups is 1. The van der Waals surface area contributed by atoms with Gasteiger partial charge in [0.05, 0.1) is 29.4 Å². The second-order valence-corrected chi connectivity index (χ2v) is 8.33. The molecule has 7 heteroatoms. The number of aryl methyl sites for hydroxylation is 2. The molecule has 0 saturated heterocycles. The molecule has 1 aliphatic rings. The molecular formula is C23H20N2O4S. The van der Waals surface area contributed by atoms with Crippen LogP contribution in [0.25, 0.3) is 10.2 Å². The number of carbonyl (C=O) groups excluding carboxylic acids is 1. The van der Waals surface area contributed by atoms with Crippen molar-refractivity contribution in [1.82, 2.24) is 4.98 Å². The van der Waals surface area contributed by atoms with Crippen LogP contribution < -0.4 is 14.4 Å². The Hall–Kier alpha value is -3.32. The van der Waals surface area contributed by atoms with Gasteiger partial charge in [-0.25, -0.2) is 4.98 Å². The summed E-state index contributed by atoms with van der Waals surface area (Å²) in [5.41, 5.74) is 4.09. The zero-order valence-electron chi connectivity index (χ0n) is 16.7. The van der Waals surface area contributed by atoms with Gasteiger partial charge in [-0.2, -0.15) is 0 Å². The van der Waals surface area contributed by atoms with E-state index in [4.69, 9.17) is 18.9 Å². The van der Waals surface area contributed by atoms with Crippen LogP contribution in [-0.4, -0.2) is 17.7 Å². The third-order valence-corrected chi connectivity index (χ3v) is 6.26. The molecule has 0 atom stereocenters. The van der Waals surface area contributed by atoms with Gasteiger partial charge in [-0.05, 0) is 60.9 Å². The van der Waals surface area contributed by atoms with Gasteiger partial charge in [0.25, 0.3) is 0 Å². The van der Waals surface area contributed by atoms with Gasteiger partial charge in [0.2, 0.25) is 12.7 Å². The quantitative estimate of drug-likeness (QED) is 0.454. The van der Waals surface area contributed by atoms with Crippen molar-refractivity contribution in [2.24, 2.45) is 0 Å². The van der Waals surface area contributed by atoms with E-state index in [-0.39, 0.29) is 19.1 Å². The molecule has 2 aromatic carbocycles. The van der Waals surface area contributed by atoms with E-state index in [0.717, 1.165) is 26.9 Å². The van der Waals surface area contributed by atoms with E-state index >= 15 is 0 Å². The normalized spacial score (nSPS) is 12.5. The number of ether oxygens (including phenoxy) is 2. The fraction of sp³-hybridized carbons (Fsp3) is 0.217. The van der Waals surface area contributed by atoms with Crippen molar-refractivity contribution in [2.75, 3.05) is 11.7 Å². The zero-order chi connectivity index (χ0) is 20.7. The van der Waals surface area contributed by atoms with Crippen LogP contribution in [0.4, 0.5) is 5.13 Å². The van der Waals surface area contributed by atoms with Crippen LogP contribution in [-0.2, 0) is 17.8 Å². The van der Waals surface area contributed by atoms with E-state index in [9.17, 15) is 4.79 Å². The largest absolute Gasteiger partial charge is 0.467 e. The Morgan fingerprint density at radius 3 is 2.83 bits per heavy atom. The summed E-state index contributed by atoms with van der Waals surface area (Å²) in [6.45, 7) is 4.66. The lowest BCUT2D eigenvalue weighted by Crippen LogP contribution is -2.31. The summed E-state index contributed by atoms with van der Waals surface area (Å²) in [4.78, 5) is 19.8. The predicted octanol–water partition coefficient (Wildman–Crippen LogP) is 5.01. The number of furan rings is 1. The molecule has 0 N–H and O–H groups in total. The Morgan fingerprint density at radius 1 is 1.13 bits per heavy atom.